The van der Waals surface area contributed by atoms with Gasteiger partial charge in [0.1, 0.15) is 0 Å². The molecule has 0 aliphatic carbocycles. The van der Waals surface area contributed by atoms with Gasteiger partial charge in [0.05, 0.1) is 6.04 Å². The van der Waals surface area contributed by atoms with Crippen LogP contribution >= 0.6 is 0 Å². The predicted octanol–water partition coefficient (Wildman–Crippen LogP) is 3.30. The van der Waals surface area contributed by atoms with Crippen molar-refractivity contribution in [2.45, 2.75) is 19.4 Å². The molecular weight excluding hydrogens is 244 g/mol. The van der Waals surface area contributed by atoms with E-state index >= 15 is 0 Å². The summed E-state index contributed by atoms with van der Waals surface area (Å²) in [7, 11) is 4.19. The molecule has 0 radical (unpaired) electrons. The van der Waals surface area contributed by atoms with Gasteiger partial charge in [0.25, 0.3) is 0 Å². The van der Waals surface area contributed by atoms with Gasteiger partial charge in [-0.3, -0.25) is 0 Å². The second-order valence-corrected chi connectivity index (χ2v) is 5.83. The average Bonchev–Trinajstić information content (AvgIpc) is 2.47. The third-order valence-corrected chi connectivity index (χ3v) is 4.11. The molecule has 1 aliphatic rings. The molecule has 3 rings (SSSR count). The maximum absolute atomic E-state index is 3.66. The van der Waals surface area contributed by atoms with Crippen LogP contribution in [0.25, 0.3) is 0 Å². The number of benzene rings is 2. The fraction of sp³-hybridized carbons (Fsp3) is 0.333. The molecule has 1 N–H and O–H groups in total. The van der Waals surface area contributed by atoms with Gasteiger partial charge >= 0.3 is 0 Å². The number of hydrogen-bond acceptors (Lipinski definition) is 2. The molecule has 0 saturated heterocycles. The minimum Gasteiger partial charge on any atom is -0.378 e. The van der Waals surface area contributed by atoms with Gasteiger partial charge in [-0.15, -0.1) is 0 Å². The molecule has 2 heteroatoms. The van der Waals surface area contributed by atoms with Gasteiger partial charge in [-0.05, 0) is 42.2 Å². The maximum Gasteiger partial charge on any atom is 0.0580 e. The standard InChI is InChI=1S/C18H22N2/c1-13-4-6-15(7-5-13)18-17-12-16(20(2)3)9-8-14(17)10-11-19-18/h4-9,12,18-19H,10-11H2,1-3H3. The van der Waals surface area contributed by atoms with Gasteiger partial charge in [0, 0.05) is 26.3 Å². The topological polar surface area (TPSA) is 15.3 Å². The van der Waals surface area contributed by atoms with Crippen LogP contribution in [-0.4, -0.2) is 20.6 Å². The van der Waals surface area contributed by atoms with Crippen molar-refractivity contribution in [3.05, 3.63) is 64.7 Å². The minimum absolute atomic E-state index is 0.319. The van der Waals surface area contributed by atoms with Gasteiger partial charge in [-0.2, -0.15) is 0 Å². The van der Waals surface area contributed by atoms with E-state index in [1.165, 1.54) is 27.9 Å². The van der Waals surface area contributed by atoms with Crippen LogP contribution in [0.4, 0.5) is 5.69 Å². The third-order valence-electron chi connectivity index (χ3n) is 4.11. The summed E-state index contributed by atoms with van der Waals surface area (Å²) in [5, 5.41) is 3.66. The Kier molecular flexibility index (Phi) is 3.49. The highest BCUT2D eigenvalue weighted by atomic mass is 15.1. The fourth-order valence-electron chi connectivity index (χ4n) is 2.87. The van der Waals surface area contributed by atoms with Crippen molar-refractivity contribution >= 4 is 5.69 Å². The summed E-state index contributed by atoms with van der Waals surface area (Å²) in [5.41, 5.74) is 6.83. The summed E-state index contributed by atoms with van der Waals surface area (Å²) in [6, 6.07) is 16.0. The number of nitrogens with zero attached hydrogens (tertiary/aromatic N) is 1. The number of hydrogen-bond donors (Lipinski definition) is 1. The normalized spacial score (nSPS) is 17.6. The summed E-state index contributed by atoms with van der Waals surface area (Å²) in [5.74, 6) is 0. The lowest BCUT2D eigenvalue weighted by molar-refractivity contribution is 0.568. The Morgan fingerprint density at radius 3 is 2.50 bits per heavy atom. The minimum atomic E-state index is 0.319. The van der Waals surface area contributed by atoms with Crippen LogP contribution in [-0.2, 0) is 6.42 Å². The first kappa shape index (κ1) is 13.2. The first-order chi connectivity index (χ1) is 9.65. The van der Waals surface area contributed by atoms with Crippen LogP contribution in [0.5, 0.6) is 0 Å². The van der Waals surface area contributed by atoms with E-state index in [0.717, 1.165) is 13.0 Å². The van der Waals surface area contributed by atoms with Crippen LogP contribution in [0.1, 0.15) is 28.3 Å². The van der Waals surface area contributed by atoms with Gasteiger partial charge in [0.2, 0.25) is 0 Å². The fourth-order valence-corrected chi connectivity index (χ4v) is 2.87. The zero-order chi connectivity index (χ0) is 14.1. The summed E-state index contributed by atoms with van der Waals surface area (Å²) in [6.07, 6.45) is 1.12. The molecule has 2 nitrogen and oxygen atoms in total. The number of anilines is 1. The van der Waals surface area contributed by atoms with Crippen molar-refractivity contribution in [3.63, 3.8) is 0 Å². The van der Waals surface area contributed by atoms with E-state index in [-0.39, 0.29) is 0 Å². The summed E-state index contributed by atoms with van der Waals surface area (Å²) in [4.78, 5) is 2.17. The van der Waals surface area contributed by atoms with Crippen LogP contribution in [0.15, 0.2) is 42.5 Å². The van der Waals surface area contributed by atoms with E-state index in [2.05, 4.69) is 73.7 Å². The molecule has 1 unspecified atom stereocenters. The third kappa shape index (κ3) is 2.44. The van der Waals surface area contributed by atoms with Gasteiger partial charge in [0.15, 0.2) is 0 Å². The van der Waals surface area contributed by atoms with Crippen LogP contribution < -0.4 is 10.2 Å². The second kappa shape index (κ2) is 5.29. The van der Waals surface area contributed by atoms with E-state index in [1.807, 2.05) is 0 Å². The number of aryl methyl sites for hydroxylation is 1. The summed E-state index contributed by atoms with van der Waals surface area (Å²) < 4.78 is 0. The van der Waals surface area contributed by atoms with E-state index in [9.17, 15) is 0 Å². The molecule has 0 fully saturated rings. The molecule has 20 heavy (non-hydrogen) atoms. The number of fused-ring (bicyclic) bond motifs is 1. The maximum atomic E-state index is 3.66. The molecular formula is C18H22N2. The average molecular weight is 266 g/mol. The molecule has 0 aromatic heterocycles. The van der Waals surface area contributed by atoms with Gasteiger partial charge in [-0.1, -0.05) is 35.9 Å². The zero-order valence-corrected chi connectivity index (χ0v) is 12.5. The molecule has 0 bridgehead atoms. The molecule has 0 spiro atoms. The molecule has 0 amide bonds. The molecule has 104 valence electrons. The monoisotopic (exact) mass is 266 g/mol. The molecule has 2 aromatic carbocycles. The Hall–Kier alpha value is -1.80. The van der Waals surface area contributed by atoms with E-state index in [1.54, 1.807) is 0 Å². The first-order valence-electron chi connectivity index (χ1n) is 7.25. The van der Waals surface area contributed by atoms with Crippen LogP contribution in [0.3, 0.4) is 0 Å². The predicted molar refractivity (Wildman–Crippen MR) is 85.5 cm³/mol. The van der Waals surface area contributed by atoms with Crippen molar-refractivity contribution in [2.75, 3.05) is 25.5 Å². The highest BCUT2D eigenvalue weighted by Gasteiger charge is 2.21. The lowest BCUT2D eigenvalue weighted by Crippen LogP contribution is -2.30. The second-order valence-electron chi connectivity index (χ2n) is 5.83. The van der Waals surface area contributed by atoms with Gasteiger partial charge < -0.3 is 10.2 Å². The molecule has 1 heterocycles. The van der Waals surface area contributed by atoms with E-state index in [4.69, 9.17) is 0 Å². The SMILES string of the molecule is Cc1ccc(C2NCCc3ccc(N(C)C)cc32)cc1. The Morgan fingerprint density at radius 1 is 1.05 bits per heavy atom. The van der Waals surface area contributed by atoms with Crippen LogP contribution in [0.2, 0.25) is 0 Å². The van der Waals surface area contributed by atoms with Crippen LogP contribution in [0, 0.1) is 6.92 Å². The Morgan fingerprint density at radius 2 is 1.80 bits per heavy atom. The Bertz CT molecular complexity index is 599. The Balaban J connectivity index is 2.03. The summed E-state index contributed by atoms with van der Waals surface area (Å²) in [6.45, 7) is 3.18. The van der Waals surface area contributed by atoms with E-state index in [0.29, 0.717) is 6.04 Å². The van der Waals surface area contributed by atoms with Crippen molar-refractivity contribution in [1.29, 1.82) is 0 Å². The van der Waals surface area contributed by atoms with E-state index < -0.39 is 0 Å². The molecule has 1 aliphatic heterocycles. The molecule has 1 atom stereocenters. The van der Waals surface area contributed by atoms with Crippen molar-refractivity contribution in [2.24, 2.45) is 0 Å². The van der Waals surface area contributed by atoms with Crippen molar-refractivity contribution < 1.29 is 0 Å². The zero-order valence-electron chi connectivity index (χ0n) is 12.5. The first-order valence-corrected chi connectivity index (χ1v) is 7.25. The van der Waals surface area contributed by atoms with Crippen molar-refractivity contribution in [3.8, 4) is 0 Å². The number of nitrogens with one attached hydrogen (secondary N) is 1. The Labute approximate surface area is 121 Å². The lowest BCUT2D eigenvalue weighted by Gasteiger charge is -2.29. The quantitative estimate of drug-likeness (QED) is 0.897. The molecule has 0 saturated carbocycles. The smallest absolute Gasteiger partial charge is 0.0580 e. The molecule has 2 aromatic rings. The lowest BCUT2D eigenvalue weighted by atomic mass is 9.89. The highest BCUT2D eigenvalue weighted by molar-refractivity contribution is 5.53. The highest BCUT2D eigenvalue weighted by Crippen LogP contribution is 2.31. The summed E-state index contributed by atoms with van der Waals surface area (Å²) >= 11 is 0. The number of rotatable bonds is 2. The largest absolute Gasteiger partial charge is 0.378 e. The van der Waals surface area contributed by atoms with Gasteiger partial charge in [-0.25, -0.2) is 0 Å². The van der Waals surface area contributed by atoms with Crippen molar-refractivity contribution in [1.82, 2.24) is 5.32 Å².